The van der Waals surface area contributed by atoms with Crippen LogP contribution in [0.1, 0.15) is 33.1 Å². The molecule has 4 atom stereocenters. The van der Waals surface area contributed by atoms with Gasteiger partial charge in [-0.1, -0.05) is 13.8 Å². The lowest BCUT2D eigenvalue weighted by molar-refractivity contribution is 0.264. The van der Waals surface area contributed by atoms with Crippen molar-refractivity contribution in [2.45, 2.75) is 49.3 Å². The smallest absolute Gasteiger partial charge is 0.118 e. The van der Waals surface area contributed by atoms with Crippen LogP contribution in [0.25, 0.3) is 0 Å². The molecule has 0 spiro atoms. The summed E-state index contributed by atoms with van der Waals surface area (Å²) in [4.78, 5) is 0.857. The van der Waals surface area contributed by atoms with E-state index in [0.717, 1.165) is 29.9 Å². The monoisotopic (exact) mass is 295 g/mol. The van der Waals surface area contributed by atoms with Crippen LogP contribution in [0.4, 0.5) is 0 Å². The van der Waals surface area contributed by atoms with E-state index in [0.29, 0.717) is 11.8 Å². The summed E-state index contributed by atoms with van der Waals surface area (Å²) >= 11 is 0. The molecule has 1 fully saturated rings. The molecule has 3 nitrogen and oxygen atoms in total. The zero-order valence-electron chi connectivity index (χ0n) is 12.5. The fraction of sp³-hybridized carbons (Fsp3) is 0.625. The van der Waals surface area contributed by atoms with Crippen LogP contribution in [-0.2, 0) is 10.8 Å². The van der Waals surface area contributed by atoms with Crippen LogP contribution in [0.3, 0.4) is 0 Å². The second-order valence-corrected chi connectivity index (χ2v) is 7.66. The first-order valence-corrected chi connectivity index (χ1v) is 8.54. The van der Waals surface area contributed by atoms with Crippen molar-refractivity contribution in [1.82, 2.24) is 0 Å². The number of nitrogens with two attached hydrogens (primary N) is 1. The molecule has 4 heteroatoms. The molecule has 4 unspecified atom stereocenters. The maximum atomic E-state index is 12.8. The standard InChI is InChI=1S/C16H25NO2S/c1-11(2)12-4-9-15(17)16(10-12)20(18)14-7-5-13(19-3)6-8-14/h5-8,11-12,15-16H,4,9-10,17H2,1-3H3. The van der Waals surface area contributed by atoms with Crippen molar-refractivity contribution in [1.29, 1.82) is 0 Å². The summed E-state index contributed by atoms with van der Waals surface area (Å²) in [6.07, 6.45) is 3.11. The Kier molecular flexibility index (Phi) is 5.22. The first-order valence-electron chi connectivity index (χ1n) is 7.33. The normalized spacial score (nSPS) is 28.4. The van der Waals surface area contributed by atoms with Crippen LogP contribution in [0.2, 0.25) is 0 Å². The molecule has 0 heterocycles. The molecule has 1 aliphatic carbocycles. The van der Waals surface area contributed by atoms with Gasteiger partial charge < -0.3 is 10.5 Å². The summed E-state index contributed by atoms with van der Waals surface area (Å²) < 4.78 is 17.9. The summed E-state index contributed by atoms with van der Waals surface area (Å²) in [5.41, 5.74) is 6.22. The predicted octanol–water partition coefficient (Wildman–Crippen LogP) is 2.95. The highest BCUT2D eigenvalue weighted by Crippen LogP contribution is 2.33. The molecule has 0 radical (unpaired) electrons. The van der Waals surface area contributed by atoms with Crippen molar-refractivity contribution in [3.05, 3.63) is 24.3 Å². The number of hydrogen-bond donors (Lipinski definition) is 1. The molecular weight excluding hydrogens is 270 g/mol. The summed E-state index contributed by atoms with van der Waals surface area (Å²) in [6.45, 7) is 4.49. The molecule has 1 saturated carbocycles. The first kappa shape index (κ1) is 15.5. The average Bonchev–Trinajstić information content (AvgIpc) is 2.47. The summed E-state index contributed by atoms with van der Waals surface area (Å²) in [6, 6.07) is 7.55. The van der Waals surface area contributed by atoms with Gasteiger partial charge in [0.1, 0.15) is 5.75 Å². The summed E-state index contributed by atoms with van der Waals surface area (Å²) in [5, 5.41) is 0.0737. The Morgan fingerprint density at radius 2 is 1.90 bits per heavy atom. The highest BCUT2D eigenvalue weighted by molar-refractivity contribution is 7.85. The topological polar surface area (TPSA) is 52.3 Å². The molecule has 20 heavy (non-hydrogen) atoms. The van der Waals surface area contributed by atoms with Crippen molar-refractivity contribution >= 4 is 10.8 Å². The fourth-order valence-electron chi connectivity index (χ4n) is 2.92. The van der Waals surface area contributed by atoms with Gasteiger partial charge in [-0.2, -0.15) is 0 Å². The molecule has 2 rings (SSSR count). The van der Waals surface area contributed by atoms with Gasteiger partial charge in [-0.15, -0.1) is 0 Å². The highest BCUT2D eigenvalue weighted by atomic mass is 32.2. The van der Waals surface area contributed by atoms with Crippen LogP contribution < -0.4 is 10.5 Å². The number of ether oxygens (including phenoxy) is 1. The molecule has 1 aliphatic rings. The van der Waals surface area contributed by atoms with Gasteiger partial charge >= 0.3 is 0 Å². The van der Waals surface area contributed by atoms with E-state index < -0.39 is 10.8 Å². The SMILES string of the molecule is COc1ccc(S(=O)C2CC(C(C)C)CCC2N)cc1. The third-order valence-corrected chi connectivity index (χ3v) is 6.22. The quantitative estimate of drug-likeness (QED) is 0.929. The predicted molar refractivity (Wildman–Crippen MR) is 83.3 cm³/mol. The Morgan fingerprint density at radius 1 is 1.25 bits per heavy atom. The molecule has 0 aromatic heterocycles. The van der Waals surface area contributed by atoms with E-state index in [9.17, 15) is 4.21 Å². The van der Waals surface area contributed by atoms with Gasteiger partial charge in [0.2, 0.25) is 0 Å². The average molecular weight is 295 g/mol. The van der Waals surface area contributed by atoms with Crippen LogP contribution >= 0.6 is 0 Å². The molecule has 112 valence electrons. The summed E-state index contributed by atoms with van der Waals surface area (Å²) in [7, 11) is 0.607. The Morgan fingerprint density at radius 3 is 2.45 bits per heavy atom. The molecule has 1 aromatic carbocycles. The van der Waals surface area contributed by atoms with Crippen LogP contribution in [0.5, 0.6) is 5.75 Å². The van der Waals surface area contributed by atoms with E-state index in [-0.39, 0.29) is 11.3 Å². The zero-order chi connectivity index (χ0) is 14.7. The minimum absolute atomic E-state index is 0.0490. The molecule has 0 aliphatic heterocycles. The first-order chi connectivity index (χ1) is 9.52. The molecule has 0 bridgehead atoms. The largest absolute Gasteiger partial charge is 0.497 e. The maximum Gasteiger partial charge on any atom is 0.118 e. The molecule has 0 amide bonds. The third-order valence-electron chi connectivity index (χ3n) is 4.39. The van der Waals surface area contributed by atoms with Gasteiger partial charge in [0.05, 0.1) is 23.2 Å². The number of rotatable bonds is 4. The van der Waals surface area contributed by atoms with E-state index in [4.69, 9.17) is 10.5 Å². The van der Waals surface area contributed by atoms with Crippen molar-refractivity contribution < 1.29 is 8.95 Å². The van der Waals surface area contributed by atoms with E-state index >= 15 is 0 Å². The van der Waals surface area contributed by atoms with E-state index in [1.165, 1.54) is 0 Å². The molecule has 2 N–H and O–H groups in total. The van der Waals surface area contributed by atoms with Crippen molar-refractivity contribution in [2.75, 3.05) is 7.11 Å². The second-order valence-electron chi connectivity index (χ2n) is 5.99. The van der Waals surface area contributed by atoms with Crippen molar-refractivity contribution in [2.24, 2.45) is 17.6 Å². The van der Waals surface area contributed by atoms with E-state index in [1.807, 2.05) is 24.3 Å². The third kappa shape index (κ3) is 3.41. The van der Waals surface area contributed by atoms with Crippen LogP contribution in [0, 0.1) is 11.8 Å². The minimum atomic E-state index is -1.03. The number of methoxy groups -OCH3 is 1. The zero-order valence-corrected chi connectivity index (χ0v) is 13.4. The van der Waals surface area contributed by atoms with Gasteiger partial charge in [-0.3, -0.25) is 4.21 Å². The van der Waals surface area contributed by atoms with E-state index in [1.54, 1.807) is 7.11 Å². The van der Waals surface area contributed by atoms with Gasteiger partial charge in [0.25, 0.3) is 0 Å². The van der Waals surface area contributed by atoms with Crippen molar-refractivity contribution in [3.8, 4) is 5.75 Å². The van der Waals surface area contributed by atoms with Crippen LogP contribution in [-0.4, -0.2) is 22.6 Å². The van der Waals surface area contributed by atoms with Crippen molar-refractivity contribution in [3.63, 3.8) is 0 Å². The molecule has 0 saturated heterocycles. The second kappa shape index (κ2) is 6.72. The lowest BCUT2D eigenvalue weighted by atomic mass is 9.79. The maximum absolute atomic E-state index is 12.8. The molecular formula is C16H25NO2S. The highest BCUT2D eigenvalue weighted by Gasteiger charge is 2.33. The van der Waals surface area contributed by atoms with Gasteiger partial charge in [0.15, 0.2) is 0 Å². The Balaban J connectivity index is 2.13. The lowest BCUT2D eigenvalue weighted by Crippen LogP contribution is -2.43. The lowest BCUT2D eigenvalue weighted by Gasteiger charge is -2.35. The minimum Gasteiger partial charge on any atom is -0.497 e. The van der Waals surface area contributed by atoms with E-state index in [2.05, 4.69) is 13.8 Å². The van der Waals surface area contributed by atoms with Gasteiger partial charge in [0, 0.05) is 10.9 Å². The Hall–Kier alpha value is -0.870. The molecule has 1 aromatic rings. The summed E-state index contributed by atoms with van der Waals surface area (Å²) in [5.74, 6) is 2.07. The Labute approximate surface area is 124 Å². The van der Waals surface area contributed by atoms with Gasteiger partial charge in [-0.05, 0) is 55.4 Å². The Bertz CT molecular complexity index is 458. The van der Waals surface area contributed by atoms with Crippen LogP contribution in [0.15, 0.2) is 29.2 Å². The number of hydrogen-bond acceptors (Lipinski definition) is 3. The fourth-order valence-corrected chi connectivity index (χ4v) is 4.55. The number of benzene rings is 1. The van der Waals surface area contributed by atoms with Gasteiger partial charge in [-0.25, -0.2) is 0 Å².